The molecule has 0 unspecified atom stereocenters. The molecule has 16 heavy (non-hydrogen) atoms. The molecule has 0 radical (unpaired) electrons. The van der Waals surface area contributed by atoms with Crippen LogP contribution in [0.3, 0.4) is 0 Å². The Hall–Kier alpha value is 0.390. The van der Waals surface area contributed by atoms with Crippen molar-refractivity contribution in [2.75, 3.05) is 31.3 Å². The molecule has 2 heteroatoms. The molecule has 0 saturated carbocycles. The van der Waals surface area contributed by atoms with Crippen LogP contribution in [0, 0.1) is 0 Å². The Morgan fingerprint density at radius 2 is 1.06 bits per heavy atom. The van der Waals surface area contributed by atoms with Gasteiger partial charge in [-0.2, -0.15) is 0 Å². The van der Waals surface area contributed by atoms with Gasteiger partial charge in [0, 0.05) is 7.26 Å². The fourth-order valence-corrected chi connectivity index (χ4v) is 7.09. The van der Waals surface area contributed by atoms with Gasteiger partial charge in [0.05, 0.1) is 31.3 Å². The van der Waals surface area contributed by atoms with Gasteiger partial charge in [-0.1, -0.05) is 40.0 Å². The molecule has 0 aromatic heterocycles. The summed E-state index contributed by atoms with van der Waals surface area (Å²) in [6.45, 7) is 7.28. The Kier molecular flexibility index (Phi) is 10.8. The van der Waals surface area contributed by atoms with Crippen molar-refractivity contribution in [2.45, 2.75) is 59.3 Å². The maximum atomic E-state index is 9.33. The van der Waals surface area contributed by atoms with E-state index in [1.165, 1.54) is 57.0 Å². The molecule has 0 saturated heterocycles. The molecule has 1 N–H and O–H groups in total. The van der Waals surface area contributed by atoms with E-state index in [-0.39, 0.29) is 0 Å². The van der Waals surface area contributed by atoms with E-state index >= 15 is 0 Å². The average molecular weight is 247 g/mol. The molecule has 0 spiro atoms. The van der Waals surface area contributed by atoms with Crippen LogP contribution < -0.4 is 0 Å². The quantitative estimate of drug-likeness (QED) is 0.537. The zero-order valence-corrected chi connectivity index (χ0v) is 12.6. The summed E-state index contributed by atoms with van der Waals surface area (Å²) in [5.41, 5.74) is 0. The lowest BCUT2D eigenvalue weighted by Crippen LogP contribution is -2.14. The lowest BCUT2D eigenvalue weighted by molar-refractivity contribution is 0.320. The van der Waals surface area contributed by atoms with Crippen LogP contribution in [0.2, 0.25) is 0 Å². The molecule has 0 aliphatic heterocycles. The van der Waals surface area contributed by atoms with Crippen molar-refractivity contribution >= 4 is 7.26 Å². The Balaban J connectivity index is 4.32. The highest BCUT2D eigenvalue weighted by molar-refractivity contribution is 7.75. The summed E-state index contributed by atoms with van der Waals surface area (Å²) >= 11 is 0. The summed E-state index contributed by atoms with van der Waals surface area (Å²) in [6, 6.07) is 0. The SMILES string of the molecule is CCCC[P+](CCO)(CCCC)CCCC. The van der Waals surface area contributed by atoms with Crippen LogP contribution in [0.15, 0.2) is 0 Å². The Bertz CT molecular complexity index is 126. The van der Waals surface area contributed by atoms with Crippen molar-refractivity contribution in [3.8, 4) is 0 Å². The minimum Gasteiger partial charge on any atom is -0.393 e. The molecule has 0 rings (SSSR count). The van der Waals surface area contributed by atoms with Gasteiger partial charge in [0.15, 0.2) is 0 Å². The lowest BCUT2D eigenvalue weighted by atomic mass is 10.4. The zero-order valence-electron chi connectivity index (χ0n) is 11.7. The highest BCUT2D eigenvalue weighted by atomic mass is 31.2. The number of rotatable bonds is 11. The molecule has 0 aromatic rings. The van der Waals surface area contributed by atoms with E-state index in [0.29, 0.717) is 6.61 Å². The minimum absolute atomic E-state index is 0.422. The highest BCUT2D eigenvalue weighted by Gasteiger charge is 2.34. The van der Waals surface area contributed by atoms with Gasteiger partial charge in [0.1, 0.15) is 0 Å². The van der Waals surface area contributed by atoms with Crippen molar-refractivity contribution in [2.24, 2.45) is 0 Å². The van der Waals surface area contributed by atoms with Crippen LogP contribution in [0.4, 0.5) is 0 Å². The fourth-order valence-electron chi connectivity index (χ4n) is 2.36. The van der Waals surface area contributed by atoms with Gasteiger partial charge < -0.3 is 5.11 Å². The third kappa shape index (κ3) is 6.86. The van der Waals surface area contributed by atoms with Crippen LogP contribution in [-0.4, -0.2) is 36.4 Å². The van der Waals surface area contributed by atoms with Gasteiger partial charge >= 0.3 is 0 Å². The van der Waals surface area contributed by atoms with Gasteiger partial charge in [0.25, 0.3) is 0 Å². The van der Waals surface area contributed by atoms with Crippen molar-refractivity contribution < 1.29 is 5.11 Å². The first-order chi connectivity index (χ1) is 7.74. The van der Waals surface area contributed by atoms with Gasteiger partial charge in [0.2, 0.25) is 0 Å². The Morgan fingerprint density at radius 1 is 0.688 bits per heavy atom. The summed E-state index contributed by atoms with van der Waals surface area (Å²) in [6.07, 6.45) is 13.5. The standard InChI is InChI=1S/C14H32OP/c1-4-7-11-16(14-10-15,12-8-5-2)13-9-6-3/h15H,4-14H2,1-3H3/q+1. The topological polar surface area (TPSA) is 20.2 Å². The molecule has 0 atom stereocenters. The molecule has 0 aliphatic rings. The molecular formula is C14H32OP+. The molecule has 1 nitrogen and oxygen atoms in total. The van der Waals surface area contributed by atoms with E-state index in [2.05, 4.69) is 20.8 Å². The highest BCUT2D eigenvalue weighted by Crippen LogP contribution is 2.60. The second-order valence-corrected chi connectivity index (χ2v) is 9.49. The number of unbranched alkanes of at least 4 members (excludes halogenated alkanes) is 3. The Morgan fingerprint density at radius 3 is 1.31 bits per heavy atom. The van der Waals surface area contributed by atoms with Crippen LogP contribution in [0.1, 0.15) is 59.3 Å². The number of aliphatic hydroxyl groups is 1. The van der Waals surface area contributed by atoms with Gasteiger partial charge in [-0.25, -0.2) is 0 Å². The first-order valence-corrected chi connectivity index (χ1v) is 9.73. The van der Waals surface area contributed by atoms with E-state index < -0.39 is 7.26 Å². The average Bonchev–Trinajstić information content (AvgIpc) is 2.31. The first-order valence-electron chi connectivity index (χ1n) is 7.20. The van der Waals surface area contributed by atoms with Crippen LogP contribution in [0.5, 0.6) is 0 Å². The van der Waals surface area contributed by atoms with Crippen LogP contribution >= 0.6 is 7.26 Å². The monoisotopic (exact) mass is 247 g/mol. The molecule has 0 amide bonds. The fraction of sp³-hybridized carbons (Fsp3) is 1.00. The van der Waals surface area contributed by atoms with E-state index in [4.69, 9.17) is 0 Å². The first kappa shape index (κ1) is 16.4. The van der Waals surface area contributed by atoms with Crippen molar-refractivity contribution in [3.63, 3.8) is 0 Å². The summed E-state index contributed by atoms with van der Waals surface area (Å²) in [5, 5.41) is 9.33. The van der Waals surface area contributed by atoms with Crippen molar-refractivity contribution in [1.29, 1.82) is 0 Å². The Labute approximate surface area is 103 Å². The molecule has 98 valence electrons. The van der Waals surface area contributed by atoms with Gasteiger partial charge in [-0.3, -0.25) is 0 Å². The summed E-state index contributed by atoms with van der Waals surface area (Å²) in [4.78, 5) is 0. The largest absolute Gasteiger partial charge is 0.393 e. The molecule has 0 heterocycles. The van der Waals surface area contributed by atoms with E-state index in [9.17, 15) is 5.11 Å². The minimum atomic E-state index is -0.796. The zero-order chi connectivity index (χ0) is 12.3. The molecule has 0 fully saturated rings. The summed E-state index contributed by atoms with van der Waals surface area (Å²) < 4.78 is 0. The number of hydrogen-bond donors (Lipinski definition) is 1. The van der Waals surface area contributed by atoms with Gasteiger partial charge in [-0.15, -0.1) is 0 Å². The summed E-state index contributed by atoms with van der Waals surface area (Å²) in [7, 11) is -0.796. The predicted molar refractivity (Wildman–Crippen MR) is 78.2 cm³/mol. The molecule has 0 aromatic carbocycles. The van der Waals surface area contributed by atoms with E-state index in [1.807, 2.05) is 0 Å². The number of aliphatic hydroxyl groups excluding tert-OH is 1. The van der Waals surface area contributed by atoms with Gasteiger partial charge in [-0.05, 0) is 19.3 Å². The normalized spacial score (nSPS) is 12.0. The molecule has 0 aliphatic carbocycles. The summed E-state index contributed by atoms with van der Waals surface area (Å²) in [5.74, 6) is 0. The second kappa shape index (κ2) is 10.5. The third-order valence-corrected chi connectivity index (χ3v) is 8.48. The molecular weight excluding hydrogens is 215 g/mol. The van der Waals surface area contributed by atoms with Crippen molar-refractivity contribution in [3.05, 3.63) is 0 Å². The van der Waals surface area contributed by atoms with Crippen LogP contribution in [0.25, 0.3) is 0 Å². The number of hydrogen-bond acceptors (Lipinski definition) is 1. The smallest absolute Gasteiger partial charge is 0.0825 e. The third-order valence-electron chi connectivity index (χ3n) is 3.53. The van der Waals surface area contributed by atoms with Crippen molar-refractivity contribution in [1.82, 2.24) is 0 Å². The lowest BCUT2D eigenvalue weighted by Gasteiger charge is -2.27. The second-order valence-electron chi connectivity index (χ2n) is 5.02. The maximum Gasteiger partial charge on any atom is 0.0825 e. The maximum absolute atomic E-state index is 9.33. The van der Waals surface area contributed by atoms with Crippen LogP contribution in [-0.2, 0) is 0 Å². The molecule has 0 bridgehead atoms. The van der Waals surface area contributed by atoms with E-state index in [1.54, 1.807) is 0 Å². The van der Waals surface area contributed by atoms with E-state index in [0.717, 1.165) is 6.16 Å². The predicted octanol–water partition coefficient (Wildman–Crippen LogP) is 4.40.